The summed E-state index contributed by atoms with van der Waals surface area (Å²) in [5.74, 6) is 0.817. The minimum atomic E-state index is -0.209. The first-order chi connectivity index (χ1) is 9.19. The molecule has 1 amide bonds. The van der Waals surface area contributed by atoms with E-state index in [-0.39, 0.29) is 18.2 Å². The topological polar surface area (TPSA) is 88.2 Å². The fraction of sp³-hybridized carbons (Fsp3) is 0.0833. The second kappa shape index (κ2) is 4.40. The molecule has 1 aromatic heterocycles. The molecule has 19 heavy (non-hydrogen) atoms. The Morgan fingerprint density at radius 3 is 3.05 bits per heavy atom. The Morgan fingerprint density at radius 2 is 2.32 bits per heavy atom. The zero-order valence-electron chi connectivity index (χ0n) is 9.44. The molecule has 0 unspecified atom stereocenters. The fourth-order valence-corrected chi connectivity index (χ4v) is 2.21. The van der Waals surface area contributed by atoms with Crippen molar-refractivity contribution in [2.75, 3.05) is 11.9 Å². The normalized spacial score (nSPS) is 13.2. The number of carbonyl (C=O) groups is 1. The van der Waals surface area contributed by atoms with Crippen LogP contribution in [0.5, 0.6) is 5.75 Å². The molecule has 0 spiro atoms. The highest BCUT2D eigenvalue weighted by atomic mass is 79.9. The van der Waals surface area contributed by atoms with Crippen LogP contribution in [0, 0.1) is 11.3 Å². The van der Waals surface area contributed by atoms with Crippen LogP contribution in [0.25, 0.3) is 11.3 Å². The van der Waals surface area contributed by atoms with Gasteiger partial charge in [-0.15, -0.1) is 0 Å². The van der Waals surface area contributed by atoms with Crippen LogP contribution >= 0.6 is 15.9 Å². The molecule has 0 fully saturated rings. The van der Waals surface area contributed by atoms with Crippen LogP contribution in [0.2, 0.25) is 0 Å². The Labute approximate surface area is 116 Å². The molecule has 94 valence electrons. The van der Waals surface area contributed by atoms with Crippen molar-refractivity contribution in [2.45, 2.75) is 0 Å². The number of halogens is 1. The summed E-state index contributed by atoms with van der Waals surface area (Å²) in [5, 5.41) is 15.2. The Balaban J connectivity index is 2.07. The quantitative estimate of drug-likeness (QED) is 0.871. The number of hydrogen-bond acceptors (Lipinski definition) is 5. The zero-order chi connectivity index (χ0) is 13.4. The van der Waals surface area contributed by atoms with Gasteiger partial charge >= 0.3 is 0 Å². The third-order valence-corrected chi connectivity index (χ3v) is 3.35. The summed E-state index contributed by atoms with van der Waals surface area (Å²) in [6.45, 7) is 0.0108. The van der Waals surface area contributed by atoms with Gasteiger partial charge in [-0.1, -0.05) is 5.16 Å². The molecule has 7 heteroatoms. The second-order valence-corrected chi connectivity index (χ2v) is 4.63. The summed E-state index contributed by atoms with van der Waals surface area (Å²) in [7, 11) is 0. The summed E-state index contributed by atoms with van der Waals surface area (Å²) in [6, 6.07) is 7.11. The fourth-order valence-electron chi connectivity index (χ4n) is 1.75. The lowest BCUT2D eigenvalue weighted by Crippen LogP contribution is -2.25. The second-order valence-electron chi connectivity index (χ2n) is 3.83. The number of rotatable bonds is 1. The van der Waals surface area contributed by atoms with Gasteiger partial charge in [0.2, 0.25) is 0 Å². The van der Waals surface area contributed by atoms with Crippen molar-refractivity contribution < 1.29 is 14.1 Å². The number of amides is 1. The van der Waals surface area contributed by atoms with Crippen LogP contribution in [0.1, 0.15) is 5.69 Å². The number of aromatic nitrogens is 1. The lowest BCUT2D eigenvalue weighted by atomic mass is 10.1. The summed E-state index contributed by atoms with van der Waals surface area (Å²) >= 11 is 3.26. The average molecular weight is 320 g/mol. The minimum Gasteiger partial charge on any atom is -0.482 e. The molecule has 0 atom stereocenters. The molecule has 3 rings (SSSR count). The predicted molar refractivity (Wildman–Crippen MR) is 68.5 cm³/mol. The maximum absolute atomic E-state index is 11.3. The zero-order valence-corrected chi connectivity index (χ0v) is 11.0. The largest absolute Gasteiger partial charge is 0.482 e. The van der Waals surface area contributed by atoms with Gasteiger partial charge in [0.15, 0.2) is 18.1 Å². The molecule has 2 aromatic rings. The number of anilines is 1. The van der Waals surface area contributed by atoms with Gasteiger partial charge in [-0.3, -0.25) is 4.79 Å². The molecule has 1 aliphatic heterocycles. The van der Waals surface area contributed by atoms with Gasteiger partial charge in [-0.25, -0.2) is 0 Å². The standard InChI is InChI=1S/C12H6BrN3O3/c13-11-8(4-14)16-19-12(11)6-1-2-9-7(3-6)15-10(17)5-18-9/h1-3H,5H2,(H,15,17). The lowest BCUT2D eigenvalue weighted by molar-refractivity contribution is -0.118. The van der Waals surface area contributed by atoms with Gasteiger partial charge in [0.1, 0.15) is 16.3 Å². The maximum atomic E-state index is 11.3. The van der Waals surface area contributed by atoms with Crippen LogP contribution in [0.15, 0.2) is 27.2 Å². The van der Waals surface area contributed by atoms with E-state index < -0.39 is 0 Å². The van der Waals surface area contributed by atoms with Crippen LogP contribution in [0.3, 0.4) is 0 Å². The van der Waals surface area contributed by atoms with E-state index in [2.05, 4.69) is 26.4 Å². The summed E-state index contributed by atoms with van der Waals surface area (Å²) in [5.41, 5.74) is 1.42. The Kier molecular flexibility index (Phi) is 2.72. The van der Waals surface area contributed by atoms with Crippen molar-refractivity contribution in [2.24, 2.45) is 0 Å². The highest BCUT2D eigenvalue weighted by molar-refractivity contribution is 9.10. The lowest BCUT2D eigenvalue weighted by Gasteiger charge is -2.18. The molecule has 1 aliphatic rings. The predicted octanol–water partition coefficient (Wildman–Crippen LogP) is 2.31. The molecule has 2 heterocycles. The number of nitrogens with zero attached hydrogens (tertiary/aromatic N) is 2. The van der Waals surface area contributed by atoms with E-state index in [1.54, 1.807) is 18.2 Å². The van der Waals surface area contributed by atoms with E-state index in [1.807, 2.05) is 6.07 Å². The number of fused-ring (bicyclic) bond motifs is 1. The van der Waals surface area contributed by atoms with Crippen molar-refractivity contribution in [1.29, 1.82) is 5.26 Å². The van der Waals surface area contributed by atoms with Crippen molar-refractivity contribution in [3.05, 3.63) is 28.4 Å². The molecule has 6 nitrogen and oxygen atoms in total. The van der Waals surface area contributed by atoms with E-state index in [0.717, 1.165) is 0 Å². The van der Waals surface area contributed by atoms with Gasteiger partial charge in [0.05, 0.1) is 5.69 Å². The SMILES string of the molecule is N#Cc1noc(-c2ccc3c(c2)NC(=O)CO3)c1Br. The molecular weight excluding hydrogens is 314 g/mol. The van der Waals surface area contributed by atoms with Crippen LogP contribution < -0.4 is 10.1 Å². The molecule has 0 saturated carbocycles. The summed E-state index contributed by atoms with van der Waals surface area (Å²) < 4.78 is 10.9. The molecule has 0 saturated heterocycles. The smallest absolute Gasteiger partial charge is 0.262 e. The number of ether oxygens (including phenoxy) is 1. The van der Waals surface area contributed by atoms with E-state index in [9.17, 15) is 4.79 Å². The van der Waals surface area contributed by atoms with Gasteiger partial charge in [0.25, 0.3) is 5.91 Å². The molecule has 0 bridgehead atoms. The number of nitriles is 1. The monoisotopic (exact) mass is 319 g/mol. The first kappa shape index (κ1) is 11.7. The Hall–Kier alpha value is -2.33. The molecular formula is C12H6BrN3O3. The van der Waals surface area contributed by atoms with Crippen molar-refractivity contribution in [3.63, 3.8) is 0 Å². The number of hydrogen-bond donors (Lipinski definition) is 1. The first-order valence-corrected chi connectivity index (χ1v) is 6.10. The van der Waals surface area contributed by atoms with Crippen LogP contribution in [-0.2, 0) is 4.79 Å². The van der Waals surface area contributed by atoms with E-state index in [1.165, 1.54) is 0 Å². The molecule has 0 radical (unpaired) electrons. The minimum absolute atomic E-state index is 0.0108. The van der Waals surface area contributed by atoms with Crippen molar-refractivity contribution in [3.8, 4) is 23.1 Å². The van der Waals surface area contributed by atoms with E-state index in [4.69, 9.17) is 14.5 Å². The van der Waals surface area contributed by atoms with Crippen LogP contribution in [0.4, 0.5) is 5.69 Å². The third-order valence-electron chi connectivity index (χ3n) is 2.62. The molecule has 0 aliphatic carbocycles. The number of benzene rings is 1. The number of carbonyl (C=O) groups excluding carboxylic acids is 1. The third kappa shape index (κ3) is 1.96. The molecule has 1 N–H and O–H groups in total. The molecule has 1 aromatic carbocycles. The van der Waals surface area contributed by atoms with E-state index in [0.29, 0.717) is 27.2 Å². The Bertz CT molecular complexity index is 717. The highest BCUT2D eigenvalue weighted by Crippen LogP contribution is 2.36. The average Bonchev–Trinajstić information content (AvgIpc) is 2.79. The van der Waals surface area contributed by atoms with Gasteiger partial charge in [-0.2, -0.15) is 5.26 Å². The van der Waals surface area contributed by atoms with E-state index >= 15 is 0 Å². The van der Waals surface area contributed by atoms with Gasteiger partial charge in [-0.05, 0) is 34.1 Å². The van der Waals surface area contributed by atoms with Crippen molar-refractivity contribution >= 4 is 27.5 Å². The number of nitrogens with one attached hydrogen (secondary N) is 1. The maximum Gasteiger partial charge on any atom is 0.262 e. The first-order valence-electron chi connectivity index (χ1n) is 5.31. The van der Waals surface area contributed by atoms with Gasteiger partial charge in [0, 0.05) is 5.56 Å². The highest BCUT2D eigenvalue weighted by Gasteiger charge is 2.20. The summed E-state index contributed by atoms with van der Waals surface area (Å²) in [6.07, 6.45) is 0. The Morgan fingerprint density at radius 1 is 1.47 bits per heavy atom. The summed E-state index contributed by atoms with van der Waals surface area (Å²) in [4.78, 5) is 11.3. The van der Waals surface area contributed by atoms with Gasteiger partial charge < -0.3 is 14.6 Å². The van der Waals surface area contributed by atoms with Crippen LogP contribution in [-0.4, -0.2) is 17.7 Å². The van der Waals surface area contributed by atoms with Crippen molar-refractivity contribution in [1.82, 2.24) is 5.16 Å².